The average molecular weight is 447 g/mol. The van der Waals surface area contributed by atoms with Gasteiger partial charge in [0.2, 0.25) is 0 Å². The molecule has 0 aliphatic carbocycles. The van der Waals surface area contributed by atoms with Gasteiger partial charge in [-0.1, -0.05) is 36.4 Å². The minimum atomic E-state index is -0.485. The number of phenols is 1. The molecule has 2 aliphatic rings. The molecule has 0 bridgehead atoms. The van der Waals surface area contributed by atoms with Crippen LogP contribution in [0.15, 0.2) is 60.7 Å². The number of aromatic hydroxyl groups is 1. The monoisotopic (exact) mass is 446 g/mol. The van der Waals surface area contributed by atoms with Gasteiger partial charge in [0.1, 0.15) is 11.6 Å². The van der Waals surface area contributed by atoms with Gasteiger partial charge in [-0.3, -0.25) is 4.90 Å². The molecule has 0 atom stereocenters. The van der Waals surface area contributed by atoms with E-state index in [9.17, 15) is 14.3 Å². The number of likely N-dealkylation sites (N-methyl/N-ethyl adjacent to an activating group) is 1. The smallest absolute Gasteiger partial charge is 0.324 e. The minimum Gasteiger partial charge on any atom is -0.507 e. The summed E-state index contributed by atoms with van der Waals surface area (Å²) in [6.45, 7) is 4.80. The number of carbonyl (C=O) groups is 1. The van der Waals surface area contributed by atoms with Crippen molar-refractivity contribution in [2.24, 2.45) is 0 Å². The molecule has 33 heavy (non-hydrogen) atoms. The van der Waals surface area contributed by atoms with Crippen LogP contribution in [0.4, 0.5) is 20.6 Å². The summed E-state index contributed by atoms with van der Waals surface area (Å²) in [6.07, 6.45) is 0. The lowest BCUT2D eigenvalue weighted by Crippen LogP contribution is -2.43. The summed E-state index contributed by atoms with van der Waals surface area (Å²) in [6, 6.07) is 18.2. The number of phenolic OH excluding ortho intramolecular Hbond substituents is 1. The molecule has 2 saturated heterocycles. The lowest BCUT2D eigenvalue weighted by molar-refractivity contribution is 0.229. The van der Waals surface area contributed by atoms with Crippen molar-refractivity contribution in [3.8, 4) is 28.0 Å². The highest BCUT2D eigenvalue weighted by Crippen LogP contribution is 2.40. The van der Waals surface area contributed by atoms with Crippen LogP contribution < -0.4 is 15.1 Å². The van der Waals surface area contributed by atoms with Gasteiger partial charge in [0.15, 0.2) is 0 Å². The Morgan fingerprint density at radius 1 is 0.879 bits per heavy atom. The quantitative estimate of drug-likeness (QED) is 0.632. The van der Waals surface area contributed by atoms with Crippen molar-refractivity contribution >= 4 is 17.4 Å². The first-order chi connectivity index (χ1) is 16.0. The topological polar surface area (TPSA) is 59.1 Å². The van der Waals surface area contributed by atoms with Crippen LogP contribution in [0.3, 0.4) is 0 Å². The van der Waals surface area contributed by atoms with Gasteiger partial charge < -0.3 is 20.2 Å². The Balaban J connectivity index is 1.47. The van der Waals surface area contributed by atoms with Crippen molar-refractivity contribution in [2.75, 3.05) is 56.1 Å². The summed E-state index contributed by atoms with van der Waals surface area (Å²) in [7, 11) is 1.70. The zero-order valence-electron chi connectivity index (χ0n) is 18.6. The summed E-state index contributed by atoms with van der Waals surface area (Å²) >= 11 is 0. The lowest BCUT2D eigenvalue weighted by Gasteiger charge is -2.29. The van der Waals surface area contributed by atoms with Crippen LogP contribution in [0.5, 0.6) is 5.75 Å². The molecule has 2 aliphatic heterocycles. The molecule has 3 aromatic carbocycles. The maximum atomic E-state index is 15.0. The first-order valence-electron chi connectivity index (χ1n) is 11.2. The summed E-state index contributed by atoms with van der Waals surface area (Å²) in [5.41, 5.74) is 4.10. The van der Waals surface area contributed by atoms with E-state index in [1.54, 1.807) is 30.1 Å². The Morgan fingerprint density at radius 2 is 1.58 bits per heavy atom. The van der Waals surface area contributed by atoms with Gasteiger partial charge >= 0.3 is 6.03 Å². The second kappa shape index (κ2) is 8.75. The fourth-order valence-corrected chi connectivity index (χ4v) is 4.57. The Bertz CT molecular complexity index is 1190. The van der Waals surface area contributed by atoms with E-state index in [4.69, 9.17) is 0 Å². The van der Waals surface area contributed by atoms with E-state index in [0.717, 1.165) is 37.4 Å². The molecule has 0 aromatic heterocycles. The van der Waals surface area contributed by atoms with Crippen molar-refractivity contribution in [3.63, 3.8) is 0 Å². The Hall–Kier alpha value is -3.58. The molecule has 5 rings (SSSR count). The molecule has 0 saturated carbocycles. The number of piperazine rings is 1. The molecule has 0 radical (unpaired) electrons. The second-order valence-electron chi connectivity index (χ2n) is 8.51. The average Bonchev–Trinajstić information content (AvgIpc) is 3.18. The summed E-state index contributed by atoms with van der Waals surface area (Å²) in [5, 5.41) is 14.5. The van der Waals surface area contributed by atoms with Crippen LogP contribution in [0, 0.1) is 5.82 Å². The second-order valence-corrected chi connectivity index (χ2v) is 8.51. The van der Waals surface area contributed by atoms with E-state index in [1.165, 1.54) is 11.0 Å². The molecule has 0 unspecified atom stereocenters. The van der Waals surface area contributed by atoms with Crippen molar-refractivity contribution in [2.45, 2.75) is 0 Å². The lowest BCUT2D eigenvalue weighted by atomic mass is 9.96. The number of para-hydroxylation sites is 1. The van der Waals surface area contributed by atoms with E-state index in [-0.39, 0.29) is 17.5 Å². The third kappa shape index (κ3) is 4.00. The van der Waals surface area contributed by atoms with Gasteiger partial charge in [-0.25, -0.2) is 9.18 Å². The predicted molar refractivity (Wildman–Crippen MR) is 129 cm³/mol. The van der Waals surface area contributed by atoms with Gasteiger partial charge in [0, 0.05) is 63.1 Å². The number of halogens is 1. The van der Waals surface area contributed by atoms with E-state index < -0.39 is 5.82 Å². The number of urea groups is 1. The number of hydrogen-bond donors (Lipinski definition) is 2. The molecule has 7 heteroatoms. The number of nitrogens with one attached hydrogen (secondary N) is 1. The summed E-state index contributed by atoms with van der Waals surface area (Å²) in [5.74, 6) is -0.374. The van der Waals surface area contributed by atoms with Crippen LogP contribution in [-0.4, -0.2) is 62.4 Å². The van der Waals surface area contributed by atoms with Crippen molar-refractivity contribution < 1.29 is 14.3 Å². The number of benzene rings is 3. The number of nitrogens with zero attached hydrogens (tertiary/aromatic N) is 3. The van der Waals surface area contributed by atoms with Crippen LogP contribution in [0.25, 0.3) is 22.3 Å². The van der Waals surface area contributed by atoms with E-state index >= 15 is 0 Å². The highest BCUT2D eigenvalue weighted by Gasteiger charge is 2.28. The predicted octanol–water partition coefficient (Wildman–Crippen LogP) is 4.15. The molecule has 6 nitrogen and oxygen atoms in total. The van der Waals surface area contributed by atoms with Crippen molar-refractivity contribution in [1.29, 1.82) is 0 Å². The van der Waals surface area contributed by atoms with Crippen molar-refractivity contribution in [3.05, 3.63) is 66.5 Å². The standard InChI is InChI=1S/C26H27FN4O2/c1-29-14-15-31(26(29)33)24-9-8-19(17-23(24)27)22-7-3-6-21(25(22)32)18-4-2-5-20(16-18)30-12-10-28-11-13-30/h2-9,16-17,28,32H,10-15H2,1H3. The number of rotatable bonds is 4. The molecule has 170 valence electrons. The summed E-state index contributed by atoms with van der Waals surface area (Å²) in [4.78, 5) is 17.6. The fourth-order valence-electron chi connectivity index (χ4n) is 4.57. The third-order valence-corrected chi connectivity index (χ3v) is 6.44. The minimum absolute atomic E-state index is 0.110. The van der Waals surface area contributed by atoms with Crippen molar-refractivity contribution in [1.82, 2.24) is 10.2 Å². The normalized spacial score (nSPS) is 16.5. The van der Waals surface area contributed by atoms with Gasteiger partial charge in [0.05, 0.1) is 5.69 Å². The van der Waals surface area contributed by atoms with Gasteiger partial charge in [-0.2, -0.15) is 0 Å². The van der Waals surface area contributed by atoms with E-state index in [2.05, 4.69) is 22.3 Å². The van der Waals surface area contributed by atoms with E-state index in [0.29, 0.717) is 29.8 Å². The first kappa shape index (κ1) is 21.3. The molecule has 2 fully saturated rings. The Kier molecular flexibility index (Phi) is 5.64. The number of carbonyl (C=O) groups excluding carboxylic acids is 1. The molecule has 0 spiro atoms. The number of amides is 2. The maximum Gasteiger partial charge on any atom is 0.324 e. The largest absolute Gasteiger partial charge is 0.507 e. The Morgan fingerprint density at radius 3 is 2.24 bits per heavy atom. The zero-order valence-corrected chi connectivity index (χ0v) is 18.6. The zero-order chi connectivity index (χ0) is 22.9. The van der Waals surface area contributed by atoms with Crippen LogP contribution >= 0.6 is 0 Å². The van der Waals surface area contributed by atoms with Gasteiger partial charge in [0.25, 0.3) is 0 Å². The van der Waals surface area contributed by atoms with Crippen LogP contribution in [-0.2, 0) is 0 Å². The fraction of sp³-hybridized carbons (Fsp3) is 0.269. The van der Waals surface area contributed by atoms with Crippen LogP contribution in [0.1, 0.15) is 0 Å². The molecule has 3 aromatic rings. The molecular formula is C26H27FN4O2. The van der Waals surface area contributed by atoms with Gasteiger partial charge in [-0.15, -0.1) is 0 Å². The molecule has 2 N–H and O–H groups in total. The first-order valence-corrected chi connectivity index (χ1v) is 11.2. The Labute approximate surface area is 192 Å². The molecular weight excluding hydrogens is 419 g/mol. The summed E-state index contributed by atoms with van der Waals surface area (Å²) < 4.78 is 15.0. The number of hydrogen-bond acceptors (Lipinski definition) is 4. The highest BCUT2D eigenvalue weighted by atomic mass is 19.1. The highest BCUT2D eigenvalue weighted by molar-refractivity contribution is 5.94. The third-order valence-electron chi connectivity index (χ3n) is 6.44. The number of anilines is 2. The maximum absolute atomic E-state index is 15.0. The molecule has 2 amide bonds. The molecule has 2 heterocycles. The van der Waals surface area contributed by atoms with Crippen LogP contribution in [0.2, 0.25) is 0 Å². The SMILES string of the molecule is CN1CCN(c2ccc(-c3cccc(-c4cccc(N5CCNCC5)c4)c3O)cc2F)C1=O. The van der Waals surface area contributed by atoms with Gasteiger partial charge in [-0.05, 0) is 35.4 Å². The van der Waals surface area contributed by atoms with E-state index in [1.807, 2.05) is 24.3 Å².